The van der Waals surface area contributed by atoms with Crippen molar-refractivity contribution < 1.29 is 19.0 Å². The summed E-state index contributed by atoms with van der Waals surface area (Å²) >= 11 is 0. The van der Waals surface area contributed by atoms with Crippen molar-refractivity contribution in [1.29, 1.82) is 0 Å². The van der Waals surface area contributed by atoms with Crippen LogP contribution in [0.4, 0.5) is 0 Å². The molecule has 2 aliphatic heterocycles. The molecule has 0 N–H and O–H groups in total. The highest BCUT2D eigenvalue weighted by Gasteiger charge is 2.62. The molecule has 0 aliphatic carbocycles. The van der Waals surface area contributed by atoms with Gasteiger partial charge in [0, 0.05) is 18.0 Å². The normalized spacial score (nSPS) is 27.2. The zero-order valence-corrected chi connectivity index (χ0v) is 15.3. The number of esters is 1. The van der Waals surface area contributed by atoms with Crippen LogP contribution in [0, 0.1) is 5.41 Å². The van der Waals surface area contributed by atoms with E-state index in [1.165, 1.54) is 7.11 Å². The summed E-state index contributed by atoms with van der Waals surface area (Å²) in [5.74, 6) is 1.32. The largest absolute Gasteiger partial charge is 0.497 e. The first kappa shape index (κ1) is 16.9. The Morgan fingerprint density at radius 2 is 1.96 bits per heavy atom. The second kappa shape index (κ2) is 6.32. The van der Waals surface area contributed by atoms with Gasteiger partial charge in [0.2, 0.25) is 0 Å². The van der Waals surface area contributed by atoms with Gasteiger partial charge in [-0.05, 0) is 30.8 Å². The van der Waals surface area contributed by atoms with Gasteiger partial charge >= 0.3 is 5.97 Å². The number of nitrogens with zero attached hydrogens (tertiary/aromatic N) is 1. The fourth-order valence-electron chi connectivity index (χ4n) is 4.62. The molecule has 1 fully saturated rings. The van der Waals surface area contributed by atoms with Gasteiger partial charge in [0.1, 0.15) is 23.5 Å². The summed E-state index contributed by atoms with van der Waals surface area (Å²) in [5.41, 5.74) is 1.31. The minimum Gasteiger partial charge on any atom is -0.497 e. The van der Waals surface area contributed by atoms with Crippen LogP contribution < -0.4 is 9.47 Å². The molecule has 2 aromatic carbocycles. The first-order valence-electron chi connectivity index (χ1n) is 8.76. The lowest BCUT2D eigenvalue weighted by molar-refractivity contribution is -0.159. The molecular weight excluding hydrogens is 330 g/mol. The van der Waals surface area contributed by atoms with Crippen LogP contribution in [0.1, 0.15) is 23.1 Å². The third-order valence-electron chi connectivity index (χ3n) is 5.77. The molecule has 1 saturated heterocycles. The van der Waals surface area contributed by atoms with Gasteiger partial charge in [-0.1, -0.05) is 30.3 Å². The van der Waals surface area contributed by atoms with Crippen molar-refractivity contribution in [3.05, 3.63) is 59.7 Å². The van der Waals surface area contributed by atoms with Crippen molar-refractivity contribution in [2.75, 3.05) is 34.4 Å². The fourth-order valence-corrected chi connectivity index (χ4v) is 4.62. The number of carbonyl (C=O) groups is 1. The van der Waals surface area contributed by atoms with Gasteiger partial charge in [0.05, 0.1) is 20.3 Å². The molecule has 5 heteroatoms. The minimum atomic E-state index is -0.787. The van der Waals surface area contributed by atoms with Crippen molar-refractivity contribution in [1.82, 2.24) is 4.90 Å². The fraction of sp³-hybridized carbons (Fsp3) is 0.381. The topological polar surface area (TPSA) is 48.0 Å². The number of benzene rings is 2. The molecule has 136 valence electrons. The molecule has 3 atom stereocenters. The maximum Gasteiger partial charge on any atom is 0.317 e. The number of hydrogen-bond donors (Lipinski definition) is 0. The number of likely N-dealkylation sites (N-methyl/N-ethyl adjacent to an activating group) is 1. The van der Waals surface area contributed by atoms with Gasteiger partial charge in [-0.2, -0.15) is 0 Å². The van der Waals surface area contributed by atoms with Gasteiger partial charge in [0.25, 0.3) is 0 Å². The zero-order chi connectivity index (χ0) is 18.3. The zero-order valence-electron chi connectivity index (χ0n) is 15.3. The Labute approximate surface area is 153 Å². The van der Waals surface area contributed by atoms with Crippen molar-refractivity contribution >= 4 is 5.97 Å². The predicted octanol–water partition coefficient (Wildman–Crippen LogP) is 3.02. The Hall–Kier alpha value is -2.53. The molecule has 4 rings (SSSR count). The highest BCUT2D eigenvalue weighted by atomic mass is 16.5. The van der Waals surface area contributed by atoms with E-state index < -0.39 is 5.41 Å². The van der Waals surface area contributed by atoms with Crippen LogP contribution in [-0.2, 0) is 9.53 Å². The molecular formula is C21H23NO4. The quantitative estimate of drug-likeness (QED) is 0.794. The molecule has 5 nitrogen and oxygen atoms in total. The average molecular weight is 353 g/mol. The highest BCUT2D eigenvalue weighted by Crippen LogP contribution is 2.59. The Kier molecular flexibility index (Phi) is 4.11. The van der Waals surface area contributed by atoms with Gasteiger partial charge in [-0.25, -0.2) is 0 Å². The Balaban J connectivity index is 1.89. The van der Waals surface area contributed by atoms with Crippen LogP contribution in [0.25, 0.3) is 0 Å². The van der Waals surface area contributed by atoms with Crippen molar-refractivity contribution in [2.45, 2.75) is 12.0 Å². The van der Waals surface area contributed by atoms with Crippen LogP contribution in [0.3, 0.4) is 0 Å². The number of ether oxygens (including phenoxy) is 3. The highest BCUT2D eigenvalue weighted by molar-refractivity contribution is 5.81. The average Bonchev–Trinajstić information content (AvgIpc) is 3.01. The molecule has 0 unspecified atom stereocenters. The molecule has 2 heterocycles. The number of carbonyl (C=O) groups excluding carboxylic acids is 1. The summed E-state index contributed by atoms with van der Waals surface area (Å²) in [5, 5.41) is 0. The van der Waals surface area contributed by atoms with E-state index in [0.717, 1.165) is 29.2 Å². The van der Waals surface area contributed by atoms with Crippen LogP contribution >= 0.6 is 0 Å². The van der Waals surface area contributed by atoms with Crippen LogP contribution in [0.2, 0.25) is 0 Å². The summed E-state index contributed by atoms with van der Waals surface area (Å²) in [6, 6.07) is 15.8. The van der Waals surface area contributed by atoms with E-state index in [0.29, 0.717) is 6.61 Å². The Bertz CT molecular complexity index is 822. The van der Waals surface area contributed by atoms with Crippen molar-refractivity contribution in [3.63, 3.8) is 0 Å². The molecule has 0 amide bonds. The van der Waals surface area contributed by atoms with Crippen molar-refractivity contribution in [3.8, 4) is 11.5 Å². The lowest BCUT2D eigenvalue weighted by Crippen LogP contribution is -2.48. The standard InChI is InChI=1S/C21H23NO4/c1-22-12-17(14-7-5-4-6-8-14)21(20(23)25-3)13-26-18-10-9-15(24-2)11-16(18)19(21)22/h4-11,17,19H,12-13H2,1-3H3/t17-,19+,21-/m0/s1. The minimum absolute atomic E-state index is 0.00880. The predicted molar refractivity (Wildman–Crippen MR) is 97.5 cm³/mol. The van der Waals surface area contributed by atoms with E-state index in [1.807, 2.05) is 36.4 Å². The molecule has 0 aromatic heterocycles. The molecule has 0 spiro atoms. The molecule has 0 radical (unpaired) electrons. The number of rotatable bonds is 3. The summed E-state index contributed by atoms with van der Waals surface area (Å²) in [6.45, 7) is 1.05. The Morgan fingerprint density at radius 1 is 1.19 bits per heavy atom. The SMILES string of the molecule is COC(=O)[C@]12COc3ccc(OC)cc3[C@H]1N(C)C[C@H]2c1ccccc1. The van der Waals surface area contributed by atoms with E-state index in [9.17, 15) is 4.79 Å². The first-order chi connectivity index (χ1) is 12.6. The maximum absolute atomic E-state index is 13.1. The maximum atomic E-state index is 13.1. The summed E-state index contributed by atoms with van der Waals surface area (Å²) in [4.78, 5) is 15.3. The second-order valence-corrected chi connectivity index (χ2v) is 7.03. The number of likely N-dealkylation sites (tertiary alicyclic amines) is 1. The summed E-state index contributed by atoms with van der Waals surface area (Å²) < 4.78 is 16.8. The van der Waals surface area contributed by atoms with Crippen LogP contribution in [0.15, 0.2) is 48.5 Å². The number of hydrogen-bond acceptors (Lipinski definition) is 5. The van der Waals surface area contributed by atoms with Gasteiger partial charge in [0.15, 0.2) is 0 Å². The van der Waals surface area contributed by atoms with E-state index in [4.69, 9.17) is 14.2 Å². The molecule has 2 aromatic rings. The van der Waals surface area contributed by atoms with Crippen LogP contribution in [0.5, 0.6) is 11.5 Å². The van der Waals surface area contributed by atoms with Crippen molar-refractivity contribution in [2.24, 2.45) is 5.41 Å². The number of methoxy groups -OCH3 is 2. The second-order valence-electron chi connectivity index (χ2n) is 7.03. The van der Waals surface area contributed by atoms with E-state index in [1.54, 1.807) is 7.11 Å². The smallest absolute Gasteiger partial charge is 0.317 e. The monoisotopic (exact) mass is 353 g/mol. The molecule has 0 saturated carbocycles. The lowest BCUT2D eigenvalue weighted by Gasteiger charge is -2.42. The van der Waals surface area contributed by atoms with Gasteiger partial charge in [-0.3, -0.25) is 9.69 Å². The number of fused-ring (bicyclic) bond motifs is 3. The summed E-state index contributed by atoms with van der Waals surface area (Å²) in [7, 11) is 5.15. The third-order valence-corrected chi connectivity index (χ3v) is 5.77. The molecule has 2 aliphatic rings. The van der Waals surface area contributed by atoms with E-state index >= 15 is 0 Å². The van der Waals surface area contributed by atoms with E-state index in [-0.39, 0.29) is 17.9 Å². The molecule has 26 heavy (non-hydrogen) atoms. The lowest BCUT2D eigenvalue weighted by atomic mass is 9.67. The van der Waals surface area contributed by atoms with Gasteiger partial charge in [-0.15, -0.1) is 0 Å². The van der Waals surface area contributed by atoms with Crippen LogP contribution in [-0.4, -0.2) is 45.3 Å². The van der Waals surface area contributed by atoms with Gasteiger partial charge < -0.3 is 14.2 Å². The third kappa shape index (κ3) is 2.31. The van der Waals surface area contributed by atoms with E-state index in [2.05, 4.69) is 24.1 Å². The Morgan fingerprint density at radius 3 is 2.65 bits per heavy atom. The summed E-state index contributed by atoms with van der Waals surface area (Å²) in [6.07, 6.45) is 0. The molecule has 0 bridgehead atoms. The first-order valence-corrected chi connectivity index (χ1v) is 8.76.